The molecule has 0 saturated carbocycles. The molecule has 0 aliphatic heterocycles. The van der Waals surface area contributed by atoms with Crippen LogP contribution in [-0.2, 0) is 4.79 Å². The van der Waals surface area contributed by atoms with Gasteiger partial charge in [-0.05, 0) is 31.5 Å². The quantitative estimate of drug-likeness (QED) is 0.532. The van der Waals surface area contributed by atoms with Crippen molar-refractivity contribution in [1.82, 2.24) is 9.97 Å². The lowest BCUT2D eigenvalue weighted by Gasteiger charge is -2.12. The minimum atomic E-state index is -0.412. The highest BCUT2D eigenvalue weighted by molar-refractivity contribution is 8.00. The molecular formula is C20H19N3O2S. The first kappa shape index (κ1) is 17.9. The standard InChI is InChI=1S/C20H19N3O2S/c1-13-7-6-10-16(11-13)21-19(25)14(2)26-20-22-17(12-18(24)23-20)15-8-4-3-5-9-15/h3-12,14H,1-2H3,(H,21,25)(H,22,23,24). The maximum Gasteiger partial charge on any atom is 0.252 e. The molecule has 1 aromatic heterocycles. The predicted molar refractivity (Wildman–Crippen MR) is 105 cm³/mol. The first-order valence-corrected chi connectivity index (χ1v) is 9.10. The van der Waals surface area contributed by atoms with Crippen molar-refractivity contribution >= 4 is 23.4 Å². The van der Waals surface area contributed by atoms with Crippen molar-refractivity contribution in [2.75, 3.05) is 5.32 Å². The first-order valence-electron chi connectivity index (χ1n) is 8.22. The summed E-state index contributed by atoms with van der Waals surface area (Å²) in [5.41, 5.74) is 3.03. The van der Waals surface area contributed by atoms with Crippen molar-refractivity contribution in [3.63, 3.8) is 0 Å². The molecule has 3 rings (SSSR count). The second-order valence-corrected chi connectivity index (χ2v) is 7.25. The van der Waals surface area contributed by atoms with Gasteiger partial charge in [0.1, 0.15) is 0 Å². The third-order valence-corrected chi connectivity index (χ3v) is 4.72. The molecule has 0 saturated heterocycles. The van der Waals surface area contributed by atoms with E-state index < -0.39 is 5.25 Å². The maximum absolute atomic E-state index is 12.4. The fourth-order valence-electron chi connectivity index (χ4n) is 2.44. The van der Waals surface area contributed by atoms with Crippen molar-refractivity contribution in [3.05, 3.63) is 76.6 Å². The number of hydrogen-bond acceptors (Lipinski definition) is 4. The fourth-order valence-corrected chi connectivity index (χ4v) is 3.25. The minimum Gasteiger partial charge on any atom is -0.325 e. The van der Waals surface area contributed by atoms with Gasteiger partial charge in [0.15, 0.2) is 5.16 Å². The molecule has 0 bridgehead atoms. The van der Waals surface area contributed by atoms with Gasteiger partial charge in [0.2, 0.25) is 5.91 Å². The second-order valence-electron chi connectivity index (χ2n) is 5.92. The van der Waals surface area contributed by atoms with Crippen molar-refractivity contribution in [2.45, 2.75) is 24.3 Å². The van der Waals surface area contributed by atoms with E-state index in [0.717, 1.165) is 16.8 Å². The number of carbonyl (C=O) groups is 1. The Bertz CT molecular complexity index is 970. The van der Waals surface area contributed by atoms with E-state index in [4.69, 9.17) is 0 Å². The van der Waals surface area contributed by atoms with Gasteiger partial charge in [-0.1, -0.05) is 54.2 Å². The Morgan fingerprint density at radius 2 is 1.88 bits per heavy atom. The number of aryl methyl sites for hydroxylation is 1. The van der Waals surface area contributed by atoms with E-state index in [1.807, 2.05) is 61.5 Å². The van der Waals surface area contributed by atoms with Crippen molar-refractivity contribution in [3.8, 4) is 11.3 Å². The molecule has 2 aromatic carbocycles. The van der Waals surface area contributed by atoms with E-state index >= 15 is 0 Å². The summed E-state index contributed by atoms with van der Waals surface area (Å²) in [7, 11) is 0. The summed E-state index contributed by atoms with van der Waals surface area (Å²) in [6, 6.07) is 18.5. The van der Waals surface area contributed by atoms with E-state index in [1.54, 1.807) is 6.92 Å². The molecule has 132 valence electrons. The Balaban J connectivity index is 1.74. The number of rotatable bonds is 5. The molecule has 0 aliphatic rings. The average Bonchev–Trinajstić information content (AvgIpc) is 2.62. The van der Waals surface area contributed by atoms with Gasteiger partial charge in [0.25, 0.3) is 5.56 Å². The number of carbonyl (C=O) groups excluding carboxylic acids is 1. The highest BCUT2D eigenvalue weighted by Gasteiger charge is 2.17. The number of aromatic amines is 1. The molecule has 1 amide bonds. The molecule has 26 heavy (non-hydrogen) atoms. The summed E-state index contributed by atoms with van der Waals surface area (Å²) in [4.78, 5) is 31.5. The topological polar surface area (TPSA) is 74.8 Å². The molecule has 0 spiro atoms. The van der Waals surface area contributed by atoms with Crippen molar-refractivity contribution in [1.29, 1.82) is 0 Å². The highest BCUT2D eigenvalue weighted by Crippen LogP contribution is 2.23. The van der Waals surface area contributed by atoms with Crippen molar-refractivity contribution in [2.24, 2.45) is 0 Å². The zero-order chi connectivity index (χ0) is 18.5. The molecular weight excluding hydrogens is 346 g/mol. The van der Waals surface area contributed by atoms with Gasteiger partial charge in [0.05, 0.1) is 10.9 Å². The Labute approximate surface area is 155 Å². The zero-order valence-corrected chi connectivity index (χ0v) is 15.3. The smallest absolute Gasteiger partial charge is 0.252 e. The lowest BCUT2D eigenvalue weighted by atomic mass is 10.1. The Morgan fingerprint density at radius 1 is 1.12 bits per heavy atom. The van der Waals surface area contributed by atoms with Crippen LogP contribution in [-0.4, -0.2) is 21.1 Å². The number of thioether (sulfide) groups is 1. The first-order chi connectivity index (χ1) is 12.5. The van der Waals surface area contributed by atoms with Crippen LogP contribution < -0.4 is 10.9 Å². The molecule has 2 N–H and O–H groups in total. The fraction of sp³-hybridized carbons (Fsp3) is 0.150. The summed E-state index contributed by atoms with van der Waals surface area (Å²) in [5.74, 6) is -0.145. The lowest BCUT2D eigenvalue weighted by Crippen LogP contribution is -2.23. The van der Waals surface area contributed by atoms with Crippen LogP contribution in [0.4, 0.5) is 5.69 Å². The summed E-state index contributed by atoms with van der Waals surface area (Å²) in [5, 5.41) is 2.89. The van der Waals surface area contributed by atoms with E-state index in [-0.39, 0.29) is 11.5 Å². The molecule has 5 nitrogen and oxygen atoms in total. The molecule has 0 aliphatic carbocycles. The average molecular weight is 365 g/mol. The number of nitrogens with zero attached hydrogens (tertiary/aromatic N) is 1. The molecule has 0 radical (unpaired) electrons. The van der Waals surface area contributed by atoms with Gasteiger partial charge in [-0.25, -0.2) is 4.98 Å². The summed E-state index contributed by atoms with van der Waals surface area (Å²) < 4.78 is 0. The third-order valence-electron chi connectivity index (χ3n) is 3.73. The van der Waals surface area contributed by atoms with E-state index in [0.29, 0.717) is 10.9 Å². The van der Waals surface area contributed by atoms with Crippen LogP contribution in [0.2, 0.25) is 0 Å². The summed E-state index contributed by atoms with van der Waals surface area (Å²) in [6.45, 7) is 3.75. The Hall–Kier alpha value is -2.86. The van der Waals surface area contributed by atoms with Crippen LogP contribution in [0.15, 0.2) is 70.6 Å². The normalized spacial score (nSPS) is 11.8. The van der Waals surface area contributed by atoms with Crippen LogP contribution >= 0.6 is 11.8 Å². The molecule has 1 atom stereocenters. The van der Waals surface area contributed by atoms with E-state index in [2.05, 4.69) is 15.3 Å². The van der Waals surface area contributed by atoms with Gasteiger partial charge in [-0.2, -0.15) is 0 Å². The number of anilines is 1. The SMILES string of the molecule is Cc1cccc(NC(=O)C(C)Sc2nc(-c3ccccc3)cc(=O)[nH]2)c1. The molecule has 0 fully saturated rings. The molecule has 1 heterocycles. The summed E-state index contributed by atoms with van der Waals surface area (Å²) in [6.07, 6.45) is 0. The van der Waals surface area contributed by atoms with Crippen LogP contribution in [0.3, 0.4) is 0 Å². The number of H-pyrrole nitrogens is 1. The molecule has 3 aromatic rings. The highest BCUT2D eigenvalue weighted by atomic mass is 32.2. The monoisotopic (exact) mass is 365 g/mol. The number of hydrogen-bond donors (Lipinski definition) is 2. The van der Waals surface area contributed by atoms with Gasteiger partial charge < -0.3 is 10.3 Å². The van der Waals surface area contributed by atoms with Crippen molar-refractivity contribution < 1.29 is 4.79 Å². The van der Waals surface area contributed by atoms with E-state index in [1.165, 1.54) is 17.8 Å². The van der Waals surface area contributed by atoms with Crippen LogP contribution in [0, 0.1) is 6.92 Å². The number of amides is 1. The van der Waals surface area contributed by atoms with Gasteiger partial charge in [-0.15, -0.1) is 0 Å². The zero-order valence-electron chi connectivity index (χ0n) is 14.5. The third kappa shape index (κ3) is 4.61. The van der Waals surface area contributed by atoms with Gasteiger partial charge >= 0.3 is 0 Å². The largest absolute Gasteiger partial charge is 0.325 e. The maximum atomic E-state index is 12.4. The van der Waals surface area contributed by atoms with Gasteiger partial charge in [0, 0.05) is 17.3 Å². The van der Waals surface area contributed by atoms with E-state index in [9.17, 15) is 9.59 Å². The van der Waals surface area contributed by atoms with Crippen LogP contribution in [0.25, 0.3) is 11.3 Å². The molecule has 1 unspecified atom stereocenters. The molecule has 6 heteroatoms. The number of nitrogens with one attached hydrogen (secondary N) is 2. The predicted octanol–water partition coefficient (Wildman–Crippen LogP) is 3.86. The Morgan fingerprint density at radius 3 is 2.62 bits per heavy atom. The van der Waals surface area contributed by atoms with Gasteiger partial charge in [-0.3, -0.25) is 9.59 Å². The minimum absolute atomic E-state index is 0.145. The van der Waals surface area contributed by atoms with Crippen LogP contribution in [0.1, 0.15) is 12.5 Å². The summed E-state index contributed by atoms with van der Waals surface area (Å²) >= 11 is 1.22. The number of benzene rings is 2. The van der Waals surface area contributed by atoms with Crippen LogP contribution in [0.5, 0.6) is 0 Å². The Kier molecular flexibility index (Phi) is 5.53. The second kappa shape index (κ2) is 8.01. The lowest BCUT2D eigenvalue weighted by molar-refractivity contribution is -0.115. The number of aromatic nitrogens is 2.